The molecule has 0 bridgehead atoms. The van der Waals surface area contributed by atoms with Crippen molar-refractivity contribution in [3.63, 3.8) is 0 Å². The minimum atomic E-state index is -1.07. The fourth-order valence-electron chi connectivity index (χ4n) is 4.54. The molecule has 11 heteroatoms. The molecule has 204 valence electrons. The predicted molar refractivity (Wildman–Crippen MR) is 152 cm³/mol. The SMILES string of the molecule is C[S+]([O-])Cc1cc(Nc2cc(NC3CC3)n3ncc(C#N)c3n2)ccc1C1=CCCN(C(=O)OC(C)(C)C)C1. The number of ether oxygens (including phenoxy) is 1. The molecule has 1 atom stereocenters. The number of amides is 1. The first-order valence-corrected chi connectivity index (χ1v) is 14.7. The van der Waals surface area contributed by atoms with Crippen molar-refractivity contribution in [2.24, 2.45) is 0 Å². The smallest absolute Gasteiger partial charge is 0.410 e. The lowest BCUT2D eigenvalue weighted by atomic mass is 9.96. The van der Waals surface area contributed by atoms with Gasteiger partial charge in [0.1, 0.15) is 34.6 Å². The highest BCUT2D eigenvalue weighted by Gasteiger charge is 2.26. The van der Waals surface area contributed by atoms with Gasteiger partial charge < -0.3 is 24.8 Å². The predicted octanol–water partition coefficient (Wildman–Crippen LogP) is 4.82. The summed E-state index contributed by atoms with van der Waals surface area (Å²) in [4.78, 5) is 19.1. The standard InChI is InChI=1S/C28H33N7O3S/c1-28(2,3)38-27(36)34-11-5-6-18(16-34)23-10-9-22(12-19(23)17-39(4)37)31-24-13-25(32-21-7-8-21)35-26(33-24)20(14-29)15-30-35/h6,9-10,12-13,15,21,32H,5,7-8,11,16-17H2,1-4H3,(H,31,33). The van der Waals surface area contributed by atoms with E-state index in [1.165, 1.54) is 6.20 Å². The molecule has 0 radical (unpaired) electrons. The lowest BCUT2D eigenvalue weighted by molar-refractivity contribution is 0.0273. The number of nitriles is 1. The Morgan fingerprint density at radius 2 is 2.10 bits per heavy atom. The zero-order valence-corrected chi connectivity index (χ0v) is 23.5. The summed E-state index contributed by atoms with van der Waals surface area (Å²) in [5, 5.41) is 20.7. The maximum absolute atomic E-state index is 12.7. The summed E-state index contributed by atoms with van der Waals surface area (Å²) in [5.74, 6) is 1.72. The first-order valence-electron chi connectivity index (χ1n) is 13.0. The molecule has 1 aromatic carbocycles. The number of carbonyl (C=O) groups is 1. The molecule has 3 aromatic rings. The molecule has 2 aromatic heterocycles. The number of hydrogen-bond donors (Lipinski definition) is 2. The van der Waals surface area contributed by atoms with Crippen molar-refractivity contribution in [2.75, 3.05) is 30.0 Å². The molecule has 3 heterocycles. The second kappa shape index (κ2) is 10.8. The Labute approximate surface area is 231 Å². The van der Waals surface area contributed by atoms with Crippen LogP contribution in [0.5, 0.6) is 0 Å². The fraction of sp³-hybridized carbons (Fsp3) is 0.429. The van der Waals surface area contributed by atoms with Gasteiger partial charge in [-0.3, -0.25) is 0 Å². The second-order valence-electron chi connectivity index (χ2n) is 11.0. The van der Waals surface area contributed by atoms with Crippen molar-refractivity contribution in [2.45, 2.75) is 57.4 Å². The summed E-state index contributed by atoms with van der Waals surface area (Å²) < 4.78 is 19.6. The zero-order chi connectivity index (χ0) is 27.7. The summed E-state index contributed by atoms with van der Waals surface area (Å²) >= 11 is -1.07. The Hall–Kier alpha value is -3.75. The van der Waals surface area contributed by atoms with E-state index in [2.05, 4.69) is 32.9 Å². The number of hydrogen-bond acceptors (Lipinski definition) is 8. The number of anilines is 3. The van der Waals surface area contributed by atoms with Crippen LogP contribution < -0.4 is 10.6 Å². The van der Waals surface area contributed by atoms with Crippen LogP contribution >= 0.6 is 0 Å². The molecule has 10 nitrogen and oxygen atoms in total. The Morgan fingerprint density at radius 3 is 2.79 bits per heavy atom. The number of benzene rings is 1. The number of fused-ring (bicyclic) bond motifs is 1. The van der Waals surface area contributed by atoms with Crippen LogP contribution in [0.1, 0.15) is 56.7 Å². The molecule has 2 aliphatic rings. The van der Waals surface area contributed by atoms with Gasteiger partial charge in [0, 0.05) is 36.4 Å². The largest absolute Gasteiger partial charge is 0.616 e. The molecule has 5 rings (SSSR count). The first kappa shape index (κ1) is 26.8. The average molecular weight is 548 g/mol. The van der Waals surface area contributed by atoms with Gasteiger partial charge in [-0.25, -0.2) is 9.78 Å². The number of nitrogens with zero attached hydrogens (tertiary/aromatic N) is 5. The van der Waals surface area contributed by atoms with E-state index < -0.39 is 16.8 Å². The number of carbonyl (C=O) groups excluding carboxylic acids is 1. The van der Waals surface area contributed by atoms with E-state index in [1.807, 2.05) is 45.0 Å². The van der Waals surface area contributed by atoms with Gasteiger partial charge in [0.05, 0.1) is 12.5 Å². The molecule has 39 heavy (non-hydrogen) atoms. The molecular formula is C28H33N7O3S. The second-order valence-corrected chi connectivity index (χ2v) is 12.4. The van der Waals surface area contributed by atoms with E-state index in [9.17, 15) is 14.6 Å². The van der Waals surface area contributed by atoms with Crippen molar-refractivity contribution in [3.05, 3.63) is 53.2 Å². The van der Waals surface area contributed by atoms with Gasteiger partial charge in [-0.2, -0.15) is 14.9 Å². The van der Waals surface area contributed by atoms with Crippen LogP contribution in [-0.4, -0.2) is 61.1 Å². The fourth-order valence-corrected chi connectivity index (χ4v) is 5.21. The molecular weight excluding hydrogens is 514 g/mol. The van der Waals surface area contributed by atoms with Crippen molar-refractivity contribution >= 4 is 45.8 Å². The summed E-state index contributed by atoms with van der Waals surface area (Å²) in [7, 11) is 0. The average Bonchev–Trinajstić information content (AvgIpc) is 3.59. The molecule has 0 spiro atoms. The topological polar surface area (TPSA) is 131 Å². The molecule has 1 amide bonds. The highest BCUT2D eigenvalue weighted by Crippen LogP contribution is 2.31. The quantitative estimate of drug-likeness (QED) is 0.403. The highest BCUT2D eigenvalue weighted by atomic mass is 32.2. The summed E-state index contributed by atoms with van der Waals surface area (Å²) in [6.45, 7) is 6.60. The van der Waals surface area contributed by atoms with E-state index in [-0.39, 0.29) is 6.09 Å². The van der Waals surface area contributed by atoms with Crippen LogP contribution in [0, 0.1) is 11.3 Å². The lowest BCUT2D eigenvalue weighted by Crippen LogP contribution is -2.39. The first-order chi connectivity index (χ1) is 18.6. The van der Waals surface area contributed by atoms with Gasteiger partial charge >= 0.3 is 6.09 Å². The van der Waals surface area contributed by atoms with E-state index >= 15 is 0 Å². The minimum Gasteiger partial charge on any atom is -0.616 e. The monoisotopic (exact) mass is 547 g/mol. The van der Waals surface area contributed by atoms with Crippen LogP contribution in [0.15, 0.2) is 36.5 Å². The lowest BCUT2D eigenvalue weighted by Gasteiger charge is -2.31. The Morgan fingerprint density at radius 1 is 1.31 bits per heavy atom. The van der Waals surface area contributed by atoms with Crippen LogP contribution in [0.3, 0.4) is 0 Å². The van der Waals surface area contributed by atoms with Crippen molar-refractivity contribution < 1.29 is 14.1 Å². The van der Waals surface area contributed by atoms with Gasteiger partial charge in [-0.05, 0) is 63.3 Å². The summed E-state index contributed by atoms with van der Waals surface area (Å²) in [6.07, 6.45) is 7.92. The Kier molecular flexibility index (Phi) is 7.42. The third-order valence-corrected chi connectivity index (χ3v) is 7.12. The molecule has 1 saturated carbocycles. The summed E-state index contributed by atoms with van der Waals surface area (Å²) in [5.41, 5.74) is 3.98. The van der Waals surface area contributed by atoms with Crippen molar-refractivity contribution in [1.29, 1.82) is 5.26 Å². The van der Waals surface area contributed by atoms with E-state index in [0.717, 1.165) is 47.5 Å². The van der Waals surface area contributed by atoms with Crippen molar-refractivity contribution in [1.82, 2.24) is 19.5 Å². The number of nitrogens with one attached hydrogen (secondary N) is 2. The third kappa shape index (κ3) is 6.46. The third-order valence-electron chi connectivity index (χ3n) is 6.41. The van der Waals surface area contributed by atoms with Crippen LogP contribution in [0.4, 0.5) is 22.1 Å². The normalized spacial score (nSPS) is 16.4. The summed E-state index contributed by atoms with van der Waals surface area (Å²) in [6, 6.07) is 10.4. The maximum Gasteiger partial charge on any atom is 0.410 e. The number of rotatable bonds is 7. The van der Waals surface area contributed by atoms with Crippen LogP contribution in [0.25, 0.3) is 11.2 Å². The van der Waals surface area contributed by atoms with E-state index in [0.29, 0.717) is 41.9 Å². The molecule has 0 saturated heterocycles. The number of aromatic nitrogens is 3. The van der Waals surface area contributed by atoms with Crippen LogP contribution in [0.2, 0.25) is 0 Å². The van der Waals surface area contributed by atoms with Gasteiger partial charge in [0.2, 0.25) is 0 Å². The van der Waals surface area contributed by atoms with Crippen LogP contribution in [-0.2, 0) is 21.7 Å². The van der Waals surface area contributed by atoms with Crippen molar-refractivity contribution in [3.8, 4) is 6.07 Å². The van der Waals surface area contributed by atoms with E-state index in [4.69, 9.17) is 4.74 Å². The highest BCUT2D eigenvalue weighted by molar-refractivity contribution is 7.89. The maximum atomic E-state index is 12.7. The molecule has 1 unspecified atom stereocenters. The van der Waals surface area contributed by atoms with Gasteiger partial charge in [-0.15, -0.1) is 0 Å². The van der Waals surface area contributed by atoms with E-state index in [1.54, 1.807) is 15.7 Å². The van der Waals surface area contributed by atoms with Gasteiger partial charge in [0.15, 0.2) is 5.65 Å². The molecule has 1 aliphatic carbocycles. The minimum absolute atomic E-state index is 0.333. The van der Waals surface area contributed by atoms with Gasteiger partial charge in [0.25, 0.3) is 0 Å². The molecule has 1 fully saturated rings. The zero-order valence-electron chi connectivity index (χ0n) is 22.7. The molecule has 1 aliphatic heterocycles. The van der Waals surface area contributed by atoms with Gasteiger partial charge in [-0.1, -0.05) is 23.3 Å². The Bertz CT molecular complexity index is 1460. The molecule has 2 N–H and O–H groups in total. The Balaban J connectivity index is 1.43.